The summed E-state index contributed by atoms with van der Waals surface area (Å²) in [6, 6.07) is 0. The lowest BCUT2D eigenvalue weighted by Gasteiger charge is -1.74. The molecule has 9 heavy (non-hydrogen) atoms. The monoisotopic (exact) mass is 210 g/mol. The number of hydrogen-bond acceptors (Lipinski definition) is 1. The molecule has 54 valence electrons. The Morgan fingerprint density at radius 1 is 1.44 bits per heavy atom. The quantitative estimate of drug-likeness (QED) is 0.649. The smallest absolute Gasteiger partial charge is 0.103 e. The Hall–Kier alpha value is 0.120. The predicted octanol–water partition coefficient (Wildman–Crippen LogP) is 1.66. The molecule has 0 saturated heterocycles. The van der Waals surface area contributed by atoms with Gasteiger partial charge in [-0.15, -0.1) is 17.0 Å². The van der Waals surface area contributed by atoms with Gasteiger partial charge in [0.25, 0.3) is 0 Å². The summed E-state index contributed by atoms with van der Waals surface area (Å²) in [4.78, 5) is 6.99. The number of hydrogen-bond donors (Lipinski definition) is 1. The fraction of sp³-hybridized carbons (Fsp3) is 0.400. The molecule has 0 amide bonds. The first-order chi connectivity index (χ1) is 3.29. The molecule has 0 bridgehead atoms. The summed E-state index contributed by atoms with van der Waals surface area (Å²) in [5.41, 5.74) is 1.12. The number of aromatic amines is 1. The third-order valence-electron chi connectivity index (χ3n) is 0.830. The van der Waals surface area contributed by atoms with Crippen LogP contribution in [0.3, 0.4) is 0 Å². The highest BCUT2D eigenvalue weighted by molar-refractivity contribution is 8.93. The van der Waals surface area contributed by atoms with E-state index in [1.165, 1.54) is 0 Å². The van der Waals surface area contributed by atoms with Crippen LogP contribution in [0.25, 0.3) is 0 Å². The Morgan fingerprint density at radius 2 is 2.00 bits per heavy atom. The molecule has 1 N–H and O–H groups in total. The van der Waals surface area contributed by atoms with Gasteiger partial charge >= 0.3 is 0 Å². The van der Waals surface area contributed by atoms with Gasteiger partial charge in [-0.2, -0.15) is 9.90 Å². The lowest BCUT2D eigenvalue weighted by molar-refractivity contribution is 1.13. The maximum atomic E-state index is 3.96. The van der Waals surface area contributed by atoms with E-state index in [1.54, 1.807) is 0 Å². The van der Waals surface area contributed by atoms with Crippen LogP contribution in [-0.4, -0.2) is 9.97 Å². The van der Waals surface area contributed by atoms with Crippen molar-refractivity contribution in [3.8, 4) is 0 Å². The highest BCUT2D eigenvalue weighted by Gasteiger charge is 1.83. The zero-order valence-corrected chi connectivity index (χ0v) is 8.77. The minimum atomic E-state index is 0. The Labute approximate surface area is 68.9 Å². The molecule has 0 radical (unpaired) electrons. The molecule has 1 heterocycles. The number of aryl methyl sites for hydroxylation is 2. The van der Waals surface area contributed by atoms with Gasteiger partial charge in [-0.05, 0) is 13.8 Å². The fourth-order valence-electron chi connectivity index (χ4n) is 0.544. The van der Waals surface area contributed by atoms with E-state index < -0.39 is 0 Å². The number of aromatic nitrogens is 2. The standard InChI is InChI=1S/C5H8N2.BrH.H3P/c1-4-3-6-5(2)7-4;;/h3H,1-2H3,(H,6,7);1H;1H3. The van der Waals surface area contributed by atoms with E-state index in [9.17, 15) is 0 Å². The molecule has 2 nitrogen and oxygen atoms in total. The molecule has 4 heteroatoms. The van der Waals surface area contributed by atoms with Gasteiger partial charge < -0.3 is 4.98 Å². The average molecular weight is 211 g/mol. The highest BCUT2D eigenvalue weighted by Crippen LogP contribution is 1.89. The largest absolute Gasteiger partial charge is 0.346 e. The number of rotatable bonds is 0. The van der Waals surface area contributed by atoms with E-state index in [4.69, 9.17) is 0 Å². The lowest BCUT2D eigenvalue weighted by atomic mass is 10.6. The van der Waals surface area contributed by atoms with Gasteiger partial charge in [-0.1, -0.05) is 0 Å². The van der Waals surface area contributed by atoms with Crippen molar-refractivity contribution in [3.63, 3.8) is 0 Å². The van der Waals surface area contributed by atoms with Crippen molar-refractivity contribution in [2.24, 2.45) is 0 Å². The predicted molar refractivity (Wildman–Crippen MR) is 49.5 cm³/mol. The van der Waals surface area contributed by atoms with E-state index in [2.05, 4.69) is 9.97 Å². The number of nitrogens with one attached hydrogen (secondary N) is 1. The number of imidazole rings is 1. The fourth-order valence-corrected chi connectivity index (χ4v) is 0.544. The summed E-state index contributed by atoms with van der Waals surface area (Å²) in [5, 5.41) is 0. The number of H-pyrrole nitrogens is 1. The topological polar surface area (TPSA) is 28.7 Å². The minimum Gasteiger partial charge on any atom is -0.346 e. The number of nitrogens with zero attached hydrogens (tertiary/aromatic N) is 1. The average Bonchev–Trinajstić information content (AvgIpc) is 1.87. The van der Waals surface area contributed by atoms with Crippen LogP contribution in [0.4, 0.5) is 0 Å². The molecule has 0 spiro atoms. The Bertz CT molecular complexity index is 147. The van der Waals surface area contributed by atoms with Crippen molar-refractivity contribution in [2.45, 2.75) is 13.8 Å². The first kappa shape index (κ1) is 11.9. The van der Waals surface area contributed by atoms with Gasteiger partial charge in [0.05, 0.1) is 0 Å². The van der Waals surface area contributed by atoms with Crippen molar-refractivity contribution in [3.05, 3.63) is 17.7 Å². The van der Waals surface area contributed by atoms with Gasteiger partial charge in [0, 0.05) is 11.9 Å². The summed E-state index contributed by atoms with van der Waals surface area (Å²) in [5.74, 6) is 0.984. The molecule has 0 aromatic carbocycles. The van der Waals surface area contributed by atoms with Gasteiger partial charge in [-0.25, -0.2) is 4.98 Å². The van der Waals surface area contributed by atoms with Crippen molar-refractivity contribution in [2.75, 3.05) is 0 Å². The molecule has 1 aromatic rings. The molecule has 1 unspecified atom stereocenters. The minimum absolute atomic E-state index is 0. The van der Waals surface area contributed by atoms with E-state index in [-0.39, 0.29) is 26.9 Å². The SMILES string of the molecule is Br.Cc1cnc(C)[nH]1.P. The van der Waals surface area contributed by atoms with Crippen LogP contribution < -0.4 is 0 Å². The van der Waals surface area contributed by atoms with Crippen LogP contribution in [0.1, 0.15) is 11.5 Å². The van der Waals surface area contributed by atoms with Crippen LogP contribution in [-0.2, 0) is 0 Å². The second kappa shape index (κ2) is 4.95. The van der Waals surface area contributed by atoms with Crippen molar-refractivity contribution >= 4 is 26.9 Å². The molecule has 0 aliphatic heterocycles. The molecule has 0 aliphatic rings. The maximum absolute atomic E-state index is 3.96. The molecule has 0 saturated carbocycles. The van der Waals surface area contributed by atoms with E-state index in [1.807, 2.05) is 20.0 Å². The van der Waals surface area contributed by atoms with E-state index >= 15 is 0 Å². The summed E-state index contributed by atoms with van der Waals surface area (Å²) in [6.07, 6.45) is 1.81. The third-order valence-corrected chi connectivity index (χ3v) is 0.830. The zero-order valence-electron chi connectivity index (χ0n) is 5.64. The van der Waals surface area contributed by atoms with Crippen molar-refractivity contribution < 1.29 is 0 Å². The molecular weight excluding hydrogens is 199 g/mol. The van der Waals surface area contributed by atoms with E-state index in [0.29, 0.717) is 0 Å². The van der Waals surface area contributed by atoms with Gasteiger partial charge in [-0.3, -0.25) is 0 Å². The first-order valence-corrected chi connectivity index (χ1v) is 2.27. The van der Waals surface area contributed by atoms with Crippen LogP contribution >= 0.6 is 26.9 Å². The van der Waals surface area contributed by atoms with Crippen LogP contribution in [0.15, 0.2) is 6.20 Å². The summed E-state index contributed by atoms with van der Waals surface area (Å²) in [6.45, 7) is 3.92. The van der Waals surface area contributed by atoms with Crippen LogP contribution in [0.2, 0.25) is 0 Å². The summed E-state index contributed by atoms with van der Waals surface area (Å²) < 4.78 is 0. The normalized spacial score (nSPS) is 7.33. The van der Waals surface area contributed by atoms with Crippen LogP contribution in [0.5, 0.6) is 0 Å². The molecular formula is C5H12BrN2P. The van der Waals surface area contributed by atoms with Crippen molar-refractivity contribution in [1.82, 2.24) is 9.97 Å². The maximum Gasteiger partial charge on any atom is 0.103 e. The summed E-state index contributed by atoms with van der Waals surface area (Å²) in [7, 11) is 0. The second-order valence-corrected chi connectivity index (χ2v) is 1.65. The zero-order chi connectivity index (χ0) is 5.28. The molecule has 0 fully saturated rings. The third kappa shape index (κ3) is 3.66. The molecule has 1 rings (SSSR count). The Balaban J connectivity index is 0. The van der Waals surface area contributed by atoms with Gasteiger partial charge in [0.1, 0.15) is 5.82 Å². The molecule has 1 atom stereocenters. The van der Waals surface area contributed by atoms with Gasteiger partial charge in [0.2, 0.25) is 0 Å². The summed E-state index contributed by atoms with van der Waals surface area (Å²) >= 11 is 0. The highest BCUT2D eigenvalue weighted by atomic mass is 79.9. The number of halogens is 1. The van der Waals surface area contributed by atoms with Gasteiger partial charge in [0.15, 0.2) is 0 Å². The van der Waals surface area contributed by atoms with Crippen LogP contribution in [0, 0.1) is 13.8 Å². The second-order valence-electron chi connectivity index (χ2n) is 1.65. The Kier molecular flexibility index (Phi) is 6.52. The Morgan fingerprint density at radius 3 is 2.11 bits per heavy atom. The molecule has 1 aromatic heterocycles. The molecule has 0 aliphatic carbocycles. The van der Waals surface area contributed by atoms with Crippen molar-refractivity contribution in [1.29, 1.82) is 0 Å². The lowest BCUT2D eigenvalue weighted by Crippen LogP contribution is -1.70. The van der Waals surface area contributed by atoms with E-state index in [0.717, 1.165) is 11.5 Å². The first-order valence-electron chi connectivity index (χ1n) is 2.27.